The number of esters is 1. The van der Waals surface area contributed by atoms with E-state index in [0.29, 0.717) is 61.7 Å². The van der Waals surface area contributed by atoms with Gasteiger partial charge in [0.05, 0.1) is 31.7 Å². The molecule has 0 spiro atoms. The molecule has 10 nitrogen and oxygen atoms in total. The zero-order valence-corrected chi connectivity index (χ0v) is 21.0. The maximum absolute atomic E-state index is 13.5. The van der Waals surface area contributed by atoms with Gasteiger partial charge in [0.2, 0.25) is 0 Å². The van der Waals surface area contributed by atoms with Gasteiger partial charge in [-0.05, 0) is 59.3 Å². The van der Waals surface area contributed by atoms with Crippen molar-refractivity contribution in [3.63, 3.8) is 0 Å². The van der Waals surface area contributed by atoms with E-state index >= 15 is 0 Å². The van der Waals surface area contributed by atoms with Crippen LogP contribution in [0, 0.1) is 5.92 Å². The number of aromatic nitrogens is 5. The normalized spacial score (nSPS) is 15.5. The maximum Gasteiger partial charge on any atom is 0.309 e. The number of piperidine rings is 1. The topological polar surface area (TPSA) is 115 Å². The van der Waals surface area contributed by atoms with Crippen LogP contribution in [0.25, 0.3) is 10.9 Å². The van der Waals surface area contributed by atoms with Crippen molar-refractivity contribution < 1.29 is 14.3 Å². The van der Waals surface area contributed by atoms with Crippen molar-refractivity contribution in [1.82, 2.24) is 30.1 Å². The third-order valence-electron chi connectivity index (χ3n) is 6.87. The third kappa shape index (κ3) is 5.24. The number of likely N-dealkylation sites (tertiary alicyclic amines) is 1. The number of carbonyl (C=O) groups is 1. The summed E-state index contributed by atoms with van der Waals surface area (Å²) in [5.74, 6) is 0.932. The highest BCUT2D eigenvalue weighted by molar-refractivity contribution is 5.80. The monoisotopic (exact) mass is 502 g/mol. The first-order chi connectivity index (χ1) is 18.1. The summed E-state index contributed by atoms with van der Waals surface area (Å²) < 4.78 is 12.3. The SMILES string of the molecule is CCOC(=O)C1CCN(C(c2cc3ccc(OC)cc3[nH]c2=O)c2nnnn2Cc2ccccc2)CC1. The highest BCUT2D eigenvalue weighted by atomic mass is 16.5. The highest BCUT2D eigenvalue weighted by Crippen LogP contribution is 2.32. The molecule has 0 radical (unpaired) electrons. The minimum absolute atomic E-state index is 0.153. The van der Waals surface area contributed by atoms with Crippen LogP contribution in [0.1, 0.15) is 42.8 Å². The predicted molar refractivity (Wildman–Crippen MR) is 137 cm³/mol. The van der Waals surface area contributed by atoms with Crippen molar-refractivity contribution in [1.29, 1.82) is 0 Å². The lowest BCUT2D eigenvalue weighted by atomic mass is 9.94. The molecule has 0 aliphatic carbocycles. The van der Waals surface area contributed by atoms with Gasteiger partial charge in [-0.3, -0.25) is 14.5 Å². The molecule has 3 heterocycles. The molecule has 192 valence electrons. The van der Waals surface area contributed by atoms with E-state index in [1.165, 1.54) is 0 Å². The van der Waals surface area contributed by atoms with E-state index in [9.17, 15) is 9.59 Å². The van der Waals surface area contributed by atoms with E-state index in [1.807, 2.05) is 55.5 Å². The average molecular weight is 503 g/mol. The average Bonchev–Trinajstić information content (AvgIpc) is 3.37. The van der Waals surface area contributed by atoms with Crippen LogP contribution in [-0.4, -0.2) is 62.9 Å². The van der Waals surface area contributed by atoms with Gasteiger partial charge in [0.1, 0.15) is 11.8 Å². The second kappa shape index (κ2) is 10.9. The summed E-state index contributed by atoms with van der Waals surface area (Å²) in [4.78, 5) is 31.0. The molecule has 0 amide bonds. The van der Waals surface area contributed by atoms with Crippen molar-refractivity contribution in [2.75, 3.05) is 26.8 Å². The third-order valence-corrected chi connectivity index (χ3v) is 6.87. The molecule has 2 aromatic carbocycles. The number of aromatic amines is 1. The molecule has 2 aromatic heterocycles. The Morgan fingerprint density at radius 3 is 2.65 bits per heavy atom. The van der Waals surface area contributed by atoms with Crippen LogP contribution in [0.2, 0.25) is 0 Å². The van der Waals surface area contributed by atoms with Gasteiger partial charge in [-0.25, -0.2) is 4.68 Å². The van der Waals surface area contributed by atoms with Crippen LogP contribution >= 0.6 is 0 Å². The van der Waals surface area contributed by atoms with Gasteiger partial charge in [-0.15, -0.1) is 5.10 Å². The molecule has 1 aliphatic rings. The molecule has 1 N–H and O–H groups in total. The Kier molecular flexibility index (Phi) is 7.27. The summed E-state index contributed by atoms with van der Waals surface area (Å²) >= 11 is 0. The fourth-order valence-electron chi connectivity index (χ4n) is 4.96. The van der Waals surface area contributed by atoms with E-state index in [1.54, 1.807) is 17.9 Å². The lowest BCUT2D eigenvalue weighted by Gasteiger charge is -2.36. The van der Waals surface area contributed by atoms with Crippen molar-refractivity contribution in [3.05, 3.63) is 81.9 Å². The summed E-state index contributed by atoms with van der Waals surface area (Å²) in [5.41, 5.74) is 2.08. The highest BCUT2D eigenvalue weighted by Gasteiger charge is 2.35. The first-order valence-electron chi connectivity index (χ1n) is 12.5. The first kappa shape index (κ1) is 24.6. The smallest absolute Gasteiger partial charge is 0.309 e. The number of benzene rings is 2. The lowest BCUT2D eigenvalue weighted by Crippen LogP contribution is -2.42. The second-order valence-electron chi connectivity index (χ2n) is 9.15. The van der Waals surface area contributed by atoms with Crippen molar-refractivity contribution in [2.24, 2.45) is 5.92 Å². The number of nitrogens with zero attached hydrogens (tertiary/aromatic N) is 5. The largest absolute Gasteiger partial charge is 0.497 e. The van der Waals surface area contributed by atoms with Gasteiger partial charge < -0.3 is 14.5 Å². The lowest BCUT2D eigenvalue weighted by molar-refractivity contribution is -0.149. The molecular weight excluding hydrogens is 472 g/mol. The van der Waals surface area contributed by atoms with E-state index in [4.69, 9.17) is 9.47 Å². The number of hydrogen-bond donors (Lipinski definition) is 1. The Labute approximate surface area is 214 Å². The molecule has 0 saturated carbocycles. The van der Waals surface area contributed by atoms with E-state index in [0.717, 1.165) is 10.9 Å². The molecule has 10 heteroatoms. The second-order valence-corrected chi connectivity index (χ2v) is 9.15. The summed E-state index contributed by atoms with van der Waals surface area (Å²) in [6.45, 7) is 3.87. The molecular formula is C27H30N6O4. The van der Waals surface area contributed by atoms with Crippen LogP contribution in [0.4, 0.5) is 0 Å². The Hall–Kier alpha value is -4.05. The van der Waals surface area contributed by atoms with E-state index in [-0.39, 0.29) is 17.4 Å². The Morgan fingerprint density at radius 1 is 1.14 bits per heavy atom. The first-order valence-corrected chi connectivity index (χ1v) is 12.5. The van der Waals surface area contributed by atoms with E-state index < -0.39 is 6.04 Å². The van der Waals surface area contributed by atoms with Crippen molar-refractivity contribution >= 4 is 16.9 Å². The zero-order chi connectivity index (χ0) is 25.8. The molecule has 1 unspecified atom stereocenters. The van der Waals surface area contributed by atoms with Crippen LogP contribution in [0.5, 0.6) is 5.75 Å². The van der Waals surface area contributed by atoms with Crippen LogP contribution in [0.15, 0.2) is 59.4 Å². The number of tetrazole rings is 1. The summed E-state index contributed by atoms with van der Waals surface area (Å²) in [6, 6.07) is 16.9. The predicted octanol–water partition coefficient (Wildman–Crippen LogP) is 2.94. The van der Waals surface area contributed by atoms with Gasteiger partial charge in [0.25, 0.3) is 5.56 Å². The standard InChI is InChI=1S/C27H30N6O4/c1-3-37-27(35)19-11-13-32(14-12-19)24(25-29-30-31-33(25)17-18-7-5-4-6-8-18)22-15-20-9-10-21(36-2)16-23(20)28-26(22)34/h4-10,15-16,19,24H,3,11-14,17H2,1-2H3,(H,28,34). The number of ether oxygens (including phenoxy) is 2. The minimum atomic E-state index is -0.489. The maximum atomic E-state index is 13.5. The van der Waals surface area contributed by atoms with Gasteiger partial charge in [-0.1, -0.05) is 30.3 Å². The van der Waals surface area contributed by atoms with Crippen molar-refractivity contribution in [2.45, 2.75) is 32.4 Å². The summed E-state index contributed by atoms with van der Waals surface area (Å²) in [6.07, 6.45) is 1.27. The minimum Gasteiger partial charge on any atom is -0.497 e. The summed E-state index contributed by atoms with van der Waals surface area (Å²) in [5, 5.41) is 13.5. The molecule has 37 heavy (non-hydrogen) atoms. The van der Waals surface area contributed by atoms with Crippen LogP contribution in [-0.2, 0) is 16.1 Å². The Bertz CT molecular complexity index is 1430. The molecule has 5 rings (SSSR count). The molecule has 1 saturated heterocycles. The van der Waals surface area contributed by atoms with Crippen LogP contribution in [0.3, 0.4) is 0 Å². The molecule has 1 aliphatic heterocycles. The number of rotatable bonds is 8. The molecule has 4 aromatic rings. The van der Waals surface area contributed by atoms with Gasteiger partial charge >= 0.3 is 5.97 Å². The molecule has 0 bridgehead atoms. The fraction of sp³-hybridized carbons (Fsp3) is 0.370. The Balaban J connectivity index is 1.54. The number of carbonyl (C=O) groups excluding carboxylic acids is 1. The van der Waals surface area contributed by atoms with Crippen LogP contribution < -0.4 is 10.3 Å². The quantitative estimate of drug-likeness (QED) is 0.366. The molecule has 1 atom stereocenters. The number of nitrogens with one attached hydrogen (secondary N) is 1. The van der Waals surface area contributed by atoms with Gasteiger partial charge in [0, 0.05) is 24.7 Å². The number of hydrogen-bond acceptors (Lipinski definition) is 8. The summed E-state index contributed by atoms with van der Waals surface area (Å²) in [7, 11) is 1.59. The van der Waals surface area contributed by atoms with Gasteiger partial charge in [0.15, 0.2) is 5.82 Å². The zero-order valence-electron chi connectivity index (χ0n) is 21.0. The number of pyridine rings is 1. The fourth-order valence-corrected chi connectivity index (χ4v) is 4.96. The number of H-pyrrole nitrogens is 1. The molecule has 1 fully saturated rings. The van der Waals surface area contributed by atoms with Crippen molar-refractivity contribution in [3.8, 4) is 5.75 Å². The Morgan fingerprint density at radius 2 is 1.92 bits per heavy atom. The van der Waals surface area contributed by atoms with Gasteiger partial charge in [-0.2, -0.15) is 0 Å². The number of fused-ring (bicyclic) bond motifs is 1. The van der Waals surface area contributed by atoms with E-state index in [2.05, 4.69) is 25.4 Å². The number of methoxy groups -OCH3 is 1.